The van der Waals surface area contributed by atoms with Crippen LogP contribution in [0.4, 0.5) is 18.9 Å². The van der Waals surface area contributed by atoms with Crippen molar-refractivity contribution in [2.75, 3.05) is 24.9 Å². The molecule has 0 saturated heterocycles. The summed E-state index contributed by atoms with van der Waals surface area (Å²) in [7, 11) is 1.57. The van der Waals surface area contributed by atoms with Gasteiger partial charge in [0.05, 0.1) is 18.2 Å². The minimum absolute atomic E-state index is 0.00997. The van der Waals surface area contributed by atoms with Crippen LogP contribution in [0.1, 0.15) is 12.0 Å². The van der Waals surface area contributed by atoms with Gasteiger partial charge in [0.2, 0.25) is 0 Å². The van der Waals surface area contributed by atoms with Crippen LogP contribution in [0.25, 0.3) is 0 Å². The van der Waals surface area contributed by atoms with Crippen molar-refractivity contribution < 1.29 is 17.9 Å². The van der Waals surface area contributed by atoms with Gasteiger partial charge >= 0.3 is 6.18 Å². The second-order valence-corrected chi connectivity index (χ2v) is 4.23. The van der Waals surface area contributed by atoms with Crippen LogP contribution < -0.4 is 5.32 Å². The fraction of sp³-hybridized carbons (Fsp3) is 0.500. The molecule has 0 radical (unpaired) electrons. The summed E-state index contributed by atoms with van der Waals surface area (Å²) in [5.74, 6) is 0.460. The number of methoxy groups -OCH3 is 1. The van der Waals surface area contributed by atoms with Crippen LogP contribution in [0.2, 0.25) is 0 Å². The second-order valence-electron chi connectivity index (χ2n) is 3.85. The zero-order valence-corrected chi connectivity index (χ0v) is 10.7. The van der Waals surface area contributed by atoms with E-state index in [0.29, 0.717) is 24.6 Å². The lowest BCUT2D eigenvalue weighted by Crippen LogP contribution is -2.25. The first-order valence-corrected chi connectivity index (χ1v) is 5.99. The predicted molar refractivity (Wildman–Crippen MR) is 66.1 cm³/mol. The third kappa shape index (κ3) is 4.74. The van der Waals surface area contributed by atoms with E-state index in [9.17, 15) is 13.2 Å². The molecule has 1 aromatic rings. The van der Waals surface area contributed by atoms with Gasteiger partial charge in [0.25, 0.3) is 0 Å². The molecule has 1 atom stereocenters. The van der Waals surface area contributed by atoms with E-state index in [1.54, 1.807) is 7.11 Å². The van der Waals surface area contributed by atoms with E-state index in [1.165, 1.54) is 12.1 Å². The fourth-order valence-electron chi connectivity index (χ4n) is 1.52. The molecule has 0 bridgehead atoms. The minimum atomic E-state index is -4.30. The van der Waals surface area contributed by atoms with Crippen molar-refractivity contribution in [3.63, 3.8) is 0 Å². The first kappa shape index (κ1) is 15.1. The van der Waals surface area contributed by atoms with Crippen molar-refractivity contribution in [1.82, 2.24) is 0 Å². The minimum Gasteiger partial charge on any atom is -0.383 e. The van der Waals surface area contributed by atoms with Crippen molar-refractivity contribution in [3.05, 3.63) is 29.8 Å². The molecule has 0 spiro atoms. The molecule has 0 amide bonds. The van der Waals surface area contributed by atoms with Crippen molar-refractivity contribution in [2.24, 2.45) is 0 Å². The molecule has 1 N–H and O–H groups in total. The van der Waals surface area contributed by atoms with Crippen LogP contribution in [-0.2, 0) is 10.9 Å². The molecule has 0 aliphatic rings. The molecule has 0 saturated carbocycles. The molecule has 1 aromatic carbocycles. The Bertz CT molecular complexity index is 347. The van der Waals surface area contributed by atoms with Gasteiger partial charge in [0.15, 0.2) is 0 Å². The third-order valence-corrected chi connectivity index (χ3v) is 2.63. The highest BCUT2D eigenvalue weighted by atomic mass is 35.5. The Morgan fingerprint density at radius 1 is 1.28 bits per heavy atom. The molecule has 0 aromatic heterocycles. The molecule has 0 heterocycles. The largest absolute Gasteiger partial charge is 0.416 e. The highest BCUT2D eigenvalue weighted by Gasteiger charge is 2.29. The Hall–Kier alpha value is -0.940. The SMILES string of the molecule is COCC(CCCl)Nc1ccc(C(F)(F)F)cc1. The number of halogens is 4. The zero-order chi connectivity index (χ0) is 13.6. The number of ether oxygens (including phenoxy) is 1. The molecule has 18 heavy (non-hydrogen) atoms. The van der Waals surface area contributed by atoms with Gasteiger partial charge in [-0.25, -0.2) is 0 Å². The summed E-state index contributed by atoms with van der Waals surface area (Å²) < 4.78 is 42.1. The number of benzene rings is 1. The number of hydrogen-bond acceptors (Lipinski definition) is 2. The van der Waals surface area contributed by atoms with Crippen LogP contribution in [0.3, 0.4) is 0 Å². The summed E-state index contributed by atoms with van der Waals surface area (Å²) in [6, 6.07) is 4.89. The summed E-state index contributed by atoms with van der Waals surface area (Å²) in [6.07, 6.45) is -3.63. The molecule has 1 rings (SSSR count). The Balaban J connectivity index is 2.67. The van der Waals surface area contributed by atoms with Gasteiger partial charge in [-0.1, -0.05) is 0 Å². The molecule has 0 aliphatic heterocycles. The lowest BCUT2D eigenvalue weighted by molar-refractivity contribution is -0.137. The van der Waals surface area contributed by atoms with Crippen LogP contribution in [0.5, 0.6) is 0 Å². The topological polar surface area (TPSA) is 21.3 Å². The van der Waals surface area contributed by atoms with Gasteiger partial charge in [0, 0.05) is 18.7 Å². The van der Waals surface area contributed by atoms with Gasteiger partial charge in [0.1, 0.15) is 0 Å². The number of rotatable bonds is 6. The molecular weight excluding hydrogens is 267 g/mol. The summed E-state index contributed by atoms with van der Waals surface area (Å²) >= 11 is 5.64. The molecule has 2 nitrogen and oxygen atoms in total. The lowest BCUT2D eigenvalue weighted by atomic mass is 10.1. The first-order valence-electron chi connectivity index (χ1n) is 5.46. The molecule has 0 aliphatic carbocycles. The van der Waals surface area contributed by atoms with Crippen molar-refractivity contribution >= 4 is 17.3 Å². The van der Waals surface area contributed by atoms with E-state index < -0.39 is 11.7 Å². The maximum atomic E-state index is 12.4. The van der Waals surface area contributed by atoms with Gasteiger partial charge in [-0.2, -0.15) is 13.2 Å². The Labute approximate surface area is 109 Å². The van der Waals surface area contributed by atoms with Gasteiger partial charge in [-0.3, -0.25) is 0 Å². The maximum absolute atomic E-state index is 12.4. The van der Waals surface area contributed by atoms with E-state index in [4.69, 9.17) is 16.3 Å². The summed E-state index contributed by atoms with van der Waals surface area (Å²) in [5.41, 5.74) is -0.0381. The summed E-state index contributed by atoms with van der Waals surface area (Å²) in [4.78, 5) is 0. The Morgan fingerprint density at radius 3 is 2.33 bits per heavy atom. The third-order valence-electron chi connectivity index (χ3n) is 2.41. The monoisotopic (exact) mass is 281 g/mol. The lowest BCUT2D eigenvalue weighted by Gasteiger charge is -2.18. The molecule has 0 fully saturated rings. The smallest absolute Gasteiger partial charge is 0.383 e. The van der Waals surface area contributed by atoms with E-state index >= 15 is 0 Å². The quantitative estimate of drug-likeness (QED) is 0.802. The van der Waals surface area contributed by atoms with Crippen molar-refractivity contribution in [1.29, 1.82) is 0 Å². The predicted octanol–water partition coefficient (Wildman–Crippen LogP) is 3.76. The first-order chi connectivity index (χ1) is 8.47. The summed E-state index contributed by atoms with van der Waals surface area (Å²) in [6.45, 7) is 0.452. The molecular formula is C12H15ClF3NO. The highest BCUT2D eigenvalue weighted by Crippen LogP contribution is 2.29. The Morgan fingerprint density at radius 2 is 1.89 bits per heavy atom. The second kappa shape index (κ2) is 6.85. The molecule has 102 valence electrons. The Kier molecular flexibility index (Phi) is 5.75. The average molecular weight is 282 g/mol. The van der Waals surface area contributed by atoms with E-state index in [2.05, 4.69) is 5.32 Å². The molecule has 1 unspecified atom stereocenters. The molecule has 6 heteroatoms. The van der Waals surface area contributed by atoms with E-state index in [1.807, 2.05) is 0 Å². The van der Waals surface area contributed by atoms with Crippen LogP contribution in [0.15, 0.2) is 24.3 Å². The number of hydrogen-bond donors (Lipinski definition) is 1. The zero-order valence-electron chi connectivity index (χ0n) is 9.93. The van der Waals surface area contributed by atoms with E-state index in [0.717, 1.165) is 12.1 Å². The number of alkyl halides is 4. The summed E-state index contributed by atoms with van der Waals surface area (Å²) in [5, 5.41) is 3.08. The van der Waals surface area contributed by atoms with Crippen molar-refractivity contribution in [3.8, 4) is 0 Å². The standard InChI is InChI=1S/C12H15ClF3NO/c1-18-8-11(6-7-13)17-10-4-2-9(3-5-10)12(14,15)16/h2-5,11,17H,6-8H2,1H3. The van der Waals surface area contributed by atoms with Gasteiger partial charge in [-0.15, -0.1) is 11.6 Å². The average Bonchev–Trinajstić information content (AvgIpc) is 2.29. The van der Waals surface area contributed by atoms with Crippen LogP contribution >= 0.6 is 11.6 Å². The van der Waals surface area contributed by atoms with Crippen LogP contribution in [0, 0.1) is 0 Å². The maximum Gasteiger partial charge on any atom is 0.416 e. The van der Waals surface area contributed by atoms with Crippen LogP contribution in [-0.4, -0.2) is 25.6 Å². The fourth-order valence-corrected chi connectivity index (χ4v) is 1.78. The normalized spacial score (nSPS) is 13.4. The highest BCUT2D eigenvalue weighted by molar-refractivity contribution is 6.17. The number of anilines is 1. The van der Waals surface area contributed by atoms with Gasteiger partial charge in [-0.05, 0) is 30.7 Å². The van der Waals surface area contributed by atoms with Gasteiger partial charge < -0.3 is 10.1 Å². The van der Waals surface area contributed by atoms with E-state index in [-0.39, 0.29) is 6.04 Å². The number of nitrogens with one attached hydrogen (secondary N) is 1. The van der Waals surface area contributed by atoms with Crippen molar-refractivity contribution in [2.45, 2.75) is 18.6 Å².